The van der Waals surface area contributed by atoms with Crippen molar-refractivity contribution in [2.45, 2.75) is 45.8 Å². The van der Waals surface area contributed by atoms with Gasteiger partial charge in [-0.2, -0.15) is 0 Å². The maximum absolute atomic E-state index is 12.1. The summed E-state index contributed by atoms with van der Waals surface area (Å²) in [6, 6.07) is 6.81. The minimum absolute atomic E-state index is 0.371. The molecule has 0 bridgehead atoms. The van der Waals surface area contributed by atoms with E-state index in [0.29, 0.717) is 23.3 Å². The van der Waals surface area contributed by atoms with Gasteiger partial charge in [-0.05, 0) is 45.9 Å². The zero-order valence-corrected chi connectivity index (χ0v) is 14.2. The number of ether oxygens (including phenoxy) is 2. The number of fused-ring (bicyclic) bond motifs is 3. The second-order valence-electron chi connectivity index (χ2n) is 6.49. The summed E-state index contributed by atoms with van der Waals surface area (Å²) in [4.78, 5) is 23.7. The molecule has 1 aromatic carbocycles. The smallest absolute Gasteiger partial charge is 0.336 e. The number of benzene rings is 1. The fourth-order valence-electron chi connectivity index (χ4n) is 2.76. The van der Waals surface area contributed by atoms with Gasteiger partial charge in [0.1, 0.15) is 23.0 Å². The fourth-order valence-corrected chi connectivity index (χ4v) is 2.76. The molecule has 1 aliphatic rings. The van der Waals surface area contributed by atoms with E-state index in [1.165, 1.54) is 6.07 Å². The van der Waals surface area contributed by atoms with Crippen LogP contribution in [0.5, 0.6) is 5.75 Å². The minimum atomic E-state index is -0.681. The molecule has 126 valence electrons. The quantitative estimate of drug-likeness (QED) is 0.480. The molecule has 2 heterocycles. The lowest BCUT2D eigenvalue weighted by Crippen LogP contribution is -2.49. The molecule has 0 N–H and O–H groups in total. The molecule has 24 heavy (non-hydrogen) atoms. The Kier molecular flexibility index (Phi) is 3.95. The first kappa shape index (κ1) is 16.3. The van der Waals surface area contributed by atoms with Crippen LogP contribution in [-0.4, -0.2) is 17.7 Å². The Morgan fingerprint density at radius 2 is 2.00 bits per heavy atom. The van der Waals surface area contributed by atoms with Gasteiger partial charge in [-0.15, -0.1) is 0 Å². The number of hydrogen-bond donors (Lipinski definition) is 0. The molecule has 0 unspecified atom stereocenters. The van der Waals surface area contributed by atoms with Crippen LogP contribution in [-0.2, 0) is 16.0 Å². The van der Waals surface area contributed by atoms with Crippen LogP contribution in [0.25, 0.3) is 11.0 Å². The second kappa shape index (κ2) is 5.82. The van der Waals surface area contributed by atoms with Gasteiger partial charge in [0.15, 0.2) is 0 Å². The van der Waals surface area contributed by atoms with Gasteiger partial charge in [-0.25, -0.2) is 9.59 Å². The molecular weight excluding hydrogens is 308 g/mol. The third-order valence-corrected chi connectivity index (χ3v) is 4.39. The number of hydrogen-bond acceptors (Lipinski definition) is 5. The highest BCUT2D eigenvalue weighted by Crippen LogP contribution is 2.38. The van der Waals surface area contributed by atoms with Gasteiger partial charge in [0.05, 0.1) is 0 Å². The molecule has 1 aromatic heterocycles. The van der Waals surface area contributed by atoms with Crippen molar-refractivity contribution in [3.8, 4) is 5.75 Å². The first-order valence-electron chi connectivity index (χ1n) is 7.90. The van der Waals surface area contributed by atoms with Crippen molar-refractivity contribution >= 4 is 16.9 Å². The Morgan fingerprint density at radius 3 is 2.71 bits per heavy atom. The predicted octanol–water partition coefficient (Wildman–Crippen LogP) is 3.38. The van der Waals surface area contributed by atoms with Crippen LogP contribution < -0.4 is 10.4 Å². The van der Waals surface area contributed by atoms with Crippen molar-refractivity contribution in [2.24, 2.45) is 0 Å². The highest BCUT2D eigenvalue weighted by atomic mass is 16.6. The maximum Gasteiger partial charge on any atom is 0.336 e. The van der Waals surface area contributed by atoms with Gasteiger partial charge < -0.3 is 13.9 Å². The van der Waals surface area contributed by atoms with E-state index in [-0.39, 0.29) is 5.97 Å². The number of esters is 1. The minimum Gasteiger partial charge on any atom is -0.484 e. The molecule has 0 fully saturated rings. The Bertz CT molecular complexity index is 888. The lowest BCUT2D eigenvalue weighted by molar-refractivity contribution is -0.156. The van der Waals surface area contributed by atoms with E-state index < -0.39 is 17.3 Å². The van der Waals surface area contributed by atoms with Crippen molar-refractivity contribution in [3.63, 3.8) is 0 Å². The molecule has 0 saturated carbocycles. The Morgan fingerprint density at radius 1 is 1.29 bits per heavy atom. The van der Waals surface area contributed by atoms with Gasteiger partial charge in [0, 0.05) is 29.0 Å². The van der Waals surface area contributed by atoms with E-state index in [1.54, 1.807) is 26.0 Å². The normalized spacial score (nSPS) is 19.5. The molecule has 0 spiro atoms. The summed E-state index contributed by atoms with van der Waals surface area (Å²) in [6.07, 6.45) is 1.65. The third kappa shape index (κ3) is 2.82. The summed E-state index contributed by atoms with van der Waals surface area (Å²) in [7, 11) is 0. The highest BCUT2D eigenvalue weighted by molar-refractivity contribution is 5.88. The number of rotatable bonds is 2. The summed E-state index contributed by atoms with van der Waals surface area (Å²) in [5, 5.41) is 0.811. The molecule has 0 amide bonds. The Balaban J connectivity index is 2.04. The molecule has 2 aromatic rings. The van der Waals surface area contributed by atoms with E-state index in [1.807, 2.05) is 26.0 Å². The zero-order chi connectivity index (χ0) is 17.5. The highest BCUT2D eigenvalue weighted by Gasteiger charge is 2.41. The molecule has 5 heteroatoms. The molecule has 5 nitrogen and oxygen atoms in total. The largest absolute Gasteiger partial charge is 0.484 e. The van der Waals surface area contributed by atoms with Crippen molar-refractivity contribution in [1.29, 1.82) is 0 Å². The van der Waals surface area contributed by atoms with Crippen LogP contribution in [0.3, 0.4) is 0 Å². The van der Waals surface area contributed by atoms with Crippen molar-refractivity contribution in [2.75, 3.05) is 0 Å². The molecule has 1 aliphatic heterocycles. The Hall–Kier alpha value is -2.56. The van der Waals surface area contributed by atoms with Crippen molar-refractivity contribution in [1.82, 2.24) is 0 Å². The van der Waals surface area contributed by atoms with E-state index in [0.717, 1.165) is 10.9 Å². The first-order valence-corrected chi connectivity index (χ1v) is 7.90. The van der Waals surface area contributed by atoms with E-state index in [2.05, 4.69) is 0 Å². The van der Waals surface area contributed by atoms with Crippen molar-refractivity contribution in [3.05, 3.63) is 51.9 Å². The van der Waals surface area contributed by atoms with Gasteiger partial charge in [-0.3, -0.25) is 0 Å². The summed E-state index contributed by atoms with van der Waals surface area (Å²) in [5.41, 5.74) is 0.680. The topological polar surface area (TPSA) is 65.7 Å². The second-order valence-corrected chi connectivity index (χ2v) is 6.49. The number of carbonyl (C=O) groups is 1. The Labute approximate surface area is 139 Å². The van der Waals surface area contributed by atoms with E-state index in [4.69, 9.17) is 13.9 Å². The van der Waals surface area contributed by atoms with E-state index in [9.17, 15) is 9.59 Å². The summed E-state index contributed by atoms with van der Waals surface area (Å²) >= 11 is 0. The first-order chi connectivity index (χ1) is 11.3. The monoisotopic (exact) mass is 328 g/mol. The predicted molar refractivity (Wildman–Crippen MR) is 90.2 cm³/mol. The lowest BCUT2D eigenvalue weighted by atomic mass is 9.90. The molecule has 1 atom stereocenters. The fraction of sp³-hybridized carbons (Fsp3) is 0.368. The standard InChI is InChI=1S/C19H20O5/c1-5-11(2)18(21)22-15-10-13-14(24-19(15,3)4)8-6-12-7-9-16(20)23-17(12)13/h5-9,15H,10H2,1-4H3/b11-5+/t15-/m0/s1. The van der Waals surface area contributed by atoms with Gasteiger partial charge in [0.25, 0.3) is 0 Å². The average molecular weight is 328 g/mol. The van der Waals surface area contributed by atoms with Crippen LogP contribution in [0.2, 0.25) is 0 Å². The summed E-state index contributed by atoms with van der Waals surface area (Å²) < 4.78 is 17.0. The molecule has 0 saturated heterocycles. The van der Waals surface area contributed by atoms with Gasteiger partial charge in [0.2, 0.25) is 0 Å². The average Bonchev–Trinajstić information content (AvgIpc) is 2.54. The zero-order valence-electron chi connectivity index (χ0n) is 14.2. The molecular formula is C19H20O5. The SMILES string of the molecule is C/C=C(\C)C(=O)O[C@H]1Cc2c(ccc3ccc(=O)oc23)OC1(C)C. The molecule has 3 rings (SSSR count). The van der Waals surface area contributed by atoms with Crippen LogP contribution >= 0.6 is 0 Å². The van der Waals surface area contributed by atoms with Crippen LogP contribution in [0, 0.1) is 0 Å². The molecule has 0 radical (unpaired) electrons. The van der Waals surface area contributed by atoms with Crippen LogP contribution in [0.15, 0.2) is 45.1 Å². The third-order valence-electron chi connectivity index (χ3n) is 4.39. The van der Waals surface area contributed by atoms with Crippen LogP contribution in [0.4, 0.5) is 0 Å². The number of carbonyl (C=O) groups excluding carboxylic acids is 1. The van der Waals surface area contributed by atoms with Crippen molar-refractivity contribution < 1.29 is 18.7 Å². The van der Waals surface area contributed by atoms with Gasteiger partial charge >= 0.3 is 11.6 Å². The lowest BCUT2D eigenvalue weighted by Gasteiger charge is -2.39. The summed E-state index contributed by atoms with van der Waals surface area (Å²) in [6.45, 7) is 7.26. The van der Waals surface area contributed by atoms with Crippen LogP contribution in [0.1, 0.15) is 33.3 Å². The molecule has 0 aliphatic carbocycles. The maximum atomic E-state index is 12.1. The van der Waals surface area contributed by atoms with E-state index >= 15 is 0 Å². The van der Waals surface area contributed by atoms with Gasteiger partial charge in [-0.1, -0.05) is 6.08 Å². The number of allylic oxidation sites excluding steroid dienone is 1. The summed E-state index contributed by atoms with van der Waals surface area (Å²) in [5.74, 6) is 0.279.